The largest absolute Gasteiger partial charge is 0.477 e. The molecule has 0 aliphatic carbocycles. The number of hydrogen-bond acceptors (Lipinski definition) is 5. The molecule has 0 aromatic heterocycles. The molecule has 0 fully saturated rings. The quantitative estimate of drug-likeness (QED) is 0.491. The zero-order valence-corrected chi connectivity index (χ0v) is 14.5. The van der Waals surface area contributed by atoms with E-state index in [-0.39, 0.29) is 19.8 Å². The Morgan fingerprint density at radius 1 is 1.08 bits per heavy atom. The Balaban J connectivity index is 2.40. The van der Waals surface area contributed by atoms with E-state index in [0.29, 0.717) is 11.8 Å². The van der Waals surface area contributed by atoms with E-state index in [0.717, 1.165) is 5.56 Å². The van der Waals surface area contributed by atoms with E-state index in [9.17, 15) is 14.7 Å². The fraction of sp³-hybridized carbons (Fsp3) is 0.300. The first kappa shape index (κ1) is 19.8. The molecule has 2 aromatic rings. The van der Waals surface area contributed by atoms with Crippen LogP contribution in [-0.4, -0.2) is 36.4 Å². The van der Waals surface area contributed by atoms with Crippen molar-refractivity contribution in [3.8, 4) is 0 Å². The predicted molar refractivity (Wildman–Crippen MR) is 94.4 cm³/mol. The van der Waals surface area contributed by atoms with Gasteiger partial charge < -0.3 is 24.1 Å². The Bertz CT molecular complexity index is 688. The molecule has 6 heteroatoms. The highest BCUT2D eigenvalue weighted by molar-refractivity contribution is 5.77. The lowest BCUT2D eigenvalue weighted by Crippen LogP contribution is -2.50. The Hall–Kier alpha value is -2.54. The van der Waals surface area contributed by atoms with Gasteiger partial charge in [-0.25, -0.2) is 4.79 Å². The van der Waals surface area contributed by atoms with Gasteiger partial charge in [-0.2, -0.15) is 0 Å². The van der Waals surface area contributed by atoms with E-state index >= 15 is 0 Å². The predicted octanol–water partition coefficient (Wildman–Crippen LogP) is 2.98. The molecule has 1 N–H and O–H groups in total. The Kier molecular flexibility index (Phi) is 7.47. The number of hydrogen-bond donors (Lipinski definition) is 1. The summed E-state index contributed by atoms with van der Waals surface area (Å²) in [5.41, 5.74) is 1.33. The molecule has 6 nitrogen and oxygen atoms in total. The smallest absolute Gasteiger partial charge is 0.367 e. The molecule has 0 radical (unpaired) electrons. The monoisotopic (exact) mass is 358 g/mol. The van der Waals surface area contributed by atoms with Crippen molar-refractivity contribution in [1.29, 1.82) is 0 Å². The number of carboxylic acid groups (broad SMARTS) is 1. The van der Waals surface area contributed by atoms with Crippen molar-refractivity contribution >= 4 is 12.3 Å². The number of carbonyl (C=O) groups is 2. The highest BCUT2D eigenvalue weighted by Gasteiger charge is 2.51. The van der Waals surface area contributed by atoms with Crippen molar-refractivity contribution in [3.05, 3.63) is 71.8 Å². The summed E-state index contributed by atoms with van der Waals surface area (Å²) >= 11 is 0. The van der Waals surface area contributed by atoms with E-state index < -0.39 is 17.9 Å². The minimum atomic E-state index is -2.09. The van der Waals surface area contributed by atoms with Crippen LogP contribution in [0.1, 0.15) is 24.2 Å². The first-order chi connectivity index (χ1) is 12.6. The number of carbonyl (C=O) groups excluding carboxylic acids is 1. The van der Waals surface area contributed by atoms with Crippen LogP contribution in [0.4, 0.5) is 0 Å². The van der Waals surface area contributed by atoms with Gasteiger partial charge in [-0.3, -0.25) is 0 Å². The summed E-state index contributed by atoms with van der Waals surface area (Å²) < 4.78 is 16.9. The second-order valence-electron chi connectivity index (χ2n) is 5.47. The number of aldehydes is 1. The maximum absolute atomic E-state index is 12.2. The fourth-order valence-corrected chi connectivity index (χ4v) is 2.60. The van der Waals surface area contributed by atoms with Gasteiger partial charge in [0.05, 0.1) is 6.61 Å². The first-order valence-electron chi connectivity index (χ1n) is 8.29. The molecule has 2 aromatic carbocycles. The number of carboxylic acids is 1. The molecular weight excluding hydrogens is 336 g/mol. The number of rotatable bonds is 11. The van der Waals surface area contributed by atoms with Gasteiger partial charge in [-0.1, -0.05) is 60.7 Å². The minimum Gasteiger partial charge on any atom is -0.477 e. The summed E-state index contributed by atoms with van der Waals surface area (Å²) in [6.07, 6.45) is -0.554. The number of ether oxygens (including phenoxy) is 3. The van der Waals surface area contributed by atoms with Crippen LogP contribution in [0.2, 0.25) is 0 Å². The van der Waals surface area contributed by atoms with Gasteiger partial charge in [-0.15, -0.1) is 0 Å². The topological polar surface area (TPSA) is 82.1 Å². The van der Waals surface area contributed by atoms with Gasteiger partial charge >= 0.3 is 11.8 Å². The third-order valence-corrected chi connectivity index (χ3v) is 3.73. The molecule has 0 amide bonds. The van der Waals surface area contributed by atoms with E-state index in [1.165, 1.54) is 0 Å². The summed E-state index contributed by atoms with van der Waals surface area (Å²) in [4.78, 5) is 23.0. The lowest BCUT2D eigenvalue weighted by atomic mass is 10.0. The molecule has 2 atom stereocenters. The van der Waals surface area contributed by atoms with Gasteiger partial charge in [0.2, 0.25) is 0 Å². The van der Waals surface area contributed by atoms with Crippen LogP contribution in [0, 0.1) is 0 Å². The molecule has 2 rings (SSSR count). The van der Waals surface area contributed by atoms with E-state index in [2.05, 4.69) is 0 Å². The Labute approximate surface area is 152 Å². The van der Waals surface area contributed by atoms with Crippen LogP contribution in [0.3, 0.4) is 0 Å². The molecule has 0 bridgehead atoms. The van der Waals surface area contributed by atoms with Gasteiger partial charge in [-0.05, 0) is 18.1 Å². The lowest BCUT2D eigenvalue weighted by molar-refractivity contribution is -0.290. The normalized spacial score (nSPS) is 14.3. The highest BCUT2D eigenvalue weighted by atomic mass is 16.7. The highest BCUT2D eigenvalue weighted by Crippen LogP contribution is 2.35. The molecule has 26 heavy (non-hydrogen) atoms. The second kappa shape index (κ2) is 9.82. The van der Waals surface area contributed by atoms with E-state index in [1.807, 2.05) is 30.3 Å². The standard InChI is InChI=1S/C20H22O6/c1-2-25-20(19(22)23,26-15-16-9-5-3-6-10-16)18(24-14-13-21)17-11-7-4-8-12-17/h3-13,18H,2,14-15H2,1H3,(H,22,23). The zero-order valence-electron chi connectivity index (χ0n) is 14.5. The first-order valence-corrected chi connectivity index (χ1v) is 8.29. The molecule has 0 spiro atoms. The van der Waals surface area contributed by atoms with E-state index in [4.69, 9.17) is 14.2 Å². The van der Waals surface area contributed by atoms with Gasteiger partial charge in [0.15, 0.2) is 0 Å². The lowest BCUT2D eigenvalue weighted by Gasteiger charge is -2.36. The number of benzene rings is 2. The summed E-state index contributed by atoms with van der Waals surface area (Å²) in [5, 5.41) is 9.95. The molecule has 138 valence electrons. The Morgan fingerprint density at radius 2 is 1.69 bits per heavy atom. The van der Waals surface area contributed by atoms with Crippen LogP contribution in [-0.2, 0) is 30.4 Å². The maximum atomic E-state index is 12.2. The van der Waals surface area contributed by atoms with Crippen LogP contribution in [0.5, 0.6) is 0 Å². The summed E-state index contributed by atoms with van der Waals surface area (Å²) in [7, 11) is 0. The van der Waals surface area contributed by atoms with Crippen LogP contribution >= 0.6 is 0 Å². The average Bonchev–Trinajstić information content (AvgIpc) is 2.67. The third kappa shape index (κ3) is 4.76. The van der Waals surface area contributed by atoms with Crippen LogP contribution in [0.15, 0.2) is 60.7 Å². The van der Waals surface area contributed by atoms with Gasteiger partial charge in [0, 0.05) is 6.61 Å². The van der Waals surface area contributed by atoms with Crippen molar-refractivity contribution in [2.75, 3.05) is 13.2 Å². The second-order valence-corrected chi connectivity index (χ2v) is 5.47. The van der Waals surface area contributed by atoms with Crippen LogP contribution in [0.25, 0.3) is 0 Å². The fourth-order valence-electron chi connectivity index (χ4n) is 2.60. The third-order valence-electron chi connectivity index (χ3n) is 3.73. The molecule has 2 unspecified atom stereocenters. The average molecular weight is 358 g/mol. The van der Waals surface area contributed by atoms with Crippen molar-refractivity contribution in [3.63, 3.8) is 0 Å². The number of aliphatic carboxylic acids is 1. The summed E-state index contributed by atoms with van der Waals surface area (Å²) in [5.74, 6) is -3.41. The maximum Gasteiger partial charge on any atom is 0.367 e. The molecule has 0 saturated heterocycles. The van der Waals surface area contributed by atoms with E-state index in [1.54, 1.807) is 37.3 Å². The van der Waals surface area contributed by atoms with Gasteiger partial charge in [0.1, 0.15) is 19.0 Å². The zero-order chi connectivity index (χ0) is 18.8. The molecule has 0 aliphatic heterocycles. The van der Waals surface area contributed by atoms with Crippen LogP contribution < -0.4 is 0 Å². The summed E-state index contributed by atoms with van der Waals surface area (Å²) in [6, 6.07) is 17.9. The SMILES string of the molecule is CCOC(OCc1ccccc1)(C(=O)O)C(OCC=O)c1ccccc1. The molecule has 0 heterocycles. The minimum absolute atomic E-state index is 0.0148. The van der Waals surface area contributed by atoms with Crippen molar-refractivity contribution in [1.82, 2.24) is 0 Å². The molecule has 0 saturated carbocycles. The summed E-state index contributed by atoms with van der Waals surface area (Å²) in [6.45, 7) is 1.50. The molecule has 0 aliphatic rings. The van der Waals surface area contributed by atoms with Crippen molar-refractivity contribution < 1.29 is 28.9 Å². The molecular formula is C20H22O6. The Morgan fingerprint density at radius 3 is 2.23 bits per heavy atom. The van der Waals surface area contributed by atoms with Crippen molar-refractivity contribution in [2.24, 2.45) is 0 Å². The van der Waals surface area contributed by atoms with Crippen molar-refractivity contribution in [2.45, 2.75) is 25.4 Å². The van der Waals surface area contributed by atoms with Gasteiger partial charge in [0.25, 0.3) is 0 Å².